The molecule has 20 heavy (non-hydrogen) atoms. The maximum absolute atomic E-state index is 6.11. The molecule has 0 saturated carbocycles. The summed E-state index contributed by atoms with van der Waals surface area (Å²) in [5.74, 6) is 0.990. The van der Waals surface area contributed by atoms with Crippen LogP contribution in [0.25, 0.3) is 0 Å². The molecule has 1 fully saturated rings. The molecule has 2 atom stereocenters. The van der Waals surface area contributed by atoms with E-state index in [4.69, 9.17) is 4.74 Å². The maximum Gasteiger partial charge on any atom is 0.142 e. The lowest BCUT2D eigenvalue weighted by Gasteiger charge is -2.41. The van der Waals surface area contributed by atoms with E-state index in [2.05, 4.69) is 35.0 Å². The highest BCUT2D eigenvalue weighted by atomic mass is 16.5. The summed E-state index contributed by atoms with van der Waals surface area (Å²) >= 11 is 0. The van der Waals surface area contributed by atoms with Crippen LogP contribution in [0.3, 0.4) is 0 Å². The molecule has 0 aliphatic carbocycles. The van der Waals surface area contributed by atoms with Crippen molar-refractivity contribution < 1.29 is 4.74 Å². The van der Waals surface area contributed by atoms with Crippen molar-refractivity contribution in [1.29, 1.82) is 0 Å². The van der Waals surface area contributed by atoms with E-state index in [-0.39, 0.29) is 6.10 Å². The Morgan fingerprint density at radius 2 is 2.15 bits per heavy atom. The number of anilines is 1. The topological polar surface area (TPSA) is 27.7 Å². The van der Waals surface area contributed by atoms with Crippen molar-refractivity contribution in [3.63, 3.8) is 0 Å². The van der Waals surface area contributed by atoms with Gasteiger partial charge in [-0.3, -0.25) is 9.80 Å². The first-order valence-electron chi connectivity index (χ1n) is 7.72. The fraction of sp³-hybridized carbons (Fsp3) is 0.625. The lowest BCUT2D eigenvalue weighted by molar-refractivity contribution is 0.0576. The summed E-state index contributed by atoms with van der Waals surface area (Å²) < 4.78 is 6.11. The summed E-state index contributed by atoms with van der Waals surface area (Å²) in [6.07, 6.45) is 0.255. The van der Waals surface area contributed by atoms with Crippen molar-refractivity contribution in [2.24, 2.45) is 0 Å². The van der Waals surface area contributed by atoms with Gasteiger partial charge in [-0.05, 0) is 25.6 Å². The molecule has 110 valence electrons. The van der Waals surface area contributed by atoms with Crippen LogP contribution < -0.4 is 10.1 Å². The fourth-order valence-electron chi connectivity index (χ4n) is 3.26. The monoisotopic (exact) mass is 275 g/mol. The van der Waals surface area contributed by atoms with Crippen LogP contribution >= 0.6 is 0 Å². The Bertz CT molecular complexity index is 451. The number of benzene rings is 1. The first kappa shape index (κ1) is 13.7. The van der Waals surface area contributed by atoms with Gasteiger partial charge < -0.3 is 10.1 Å². The van der Waals surface area contributed by atoms with Gasteiger partial charge in [0, 0.05) is 32.2 Å². The molecule has 3 rings (SSSR count). The smallest absolute Gasteiger partial charge is 0.142 e. The highest BCUT2D eigenvalue weighted by Gasteiger charge is 2.26. The van der Waals surface area contributed by atoms with Gasteiger partial charge in [0.1, 0.15) is 11.9 Å². The molecule has 0 amide bonds. The SMILES string of the molecule is CCN1CCN(CC2CNc3ccccc3O2)CC1C. The molecule has 4 nitrogen and oxygen atoms in total. The van der Waals surface area contributed by atoms with E-state index in [0.717, 1.165) is 44.2 Å². The van der Waals surface area contributed by atoms with E-state index < -0.39 is 0 Å². The average molecular weight is 275 g/mol. The van der Waals surface area contributed by atoms with E-state index in [1.165, 1.54) is 6.54 Å². The van der Waals surface area contributed by atoms with Crippen LogP contribution in [0.5, 0.6) is 5.75 Å². The van der Waals surface area contributed by atoms with Gasteiger partial charge in [0.05, 0.1) is 12.2 Å². The minimum absolute atomic E-state index is 0.255. The zero-order valence-corrected chi connectivity index (χ0v) is 12.5. The fourth-order valence-corrected chi connectivity index (χ4v) is 3.26. The number of hydrogen-bond donors (Lipinski definition) is 1. The van der Waals surface area contributed by atoms with Crippen molar-refractivity contribution in [3.8, 4) is 5.75 Å². The lowest BCUT2D eigenvalue weighted by atomic mass is 10.1. The van der Waals surface area contributed by atoms with Gasteiger partial charge in [-0.2, -0.15) is 0 Å². The first-order chi connectivity index (χ1) is 9.76. The molecule has 4 heteroatoms. The normalized spacial score (nSPS) is 27.5. The highest BCUT2D eigenvalue weighted by Crippen LogP contribution is 2.28. The van der Waals surface area contributed by atoms with Gasteiger partial charge in [-0.15, -0.1) is 0 Å². The van der Waals surface area contributed by atoms with E-state index >= 15 is 0 Å². The molecule has 0 aromatic heterocycles. The van der Waals surface area contributed by atoms with Crippen LogP contribution in [0.15, 0.2) is 24.3 Å². The summed E-state index contributed by atoms with van der Waals surface area (Å²) in [5.41, 5.74) is 1.12. The number of nitrogens with zero attached hydrogens (tertiary/aromatic N) is 2. The molecule has 0 spiro atoms. The van der Waals surface area contributed by atoms with Gasteiger partial charge in [-0.25, -0.2) is 0 Å². The van der Waals surface area contributed by atoms with E-state index in [1.807, 2.05) is 18.2 Å². The second kappa shape index (κ2) is 6.02. The molecule has 1 aromatic rings. The number of ether oxygens (including phenoxy) is 1. The van der Waals surface area contributed by atoms with Gasteiger partial charge in [0.25, 0.3) is 0 Å². The molecule has 2 aliphatic heterocycles. The predicted octanol–water partition coefficient (Wildman–Crippen LogP) is 1.89. The third-order valence-corrected chi connectivity index (χ3v) is 4.42. The number of nitrogens with one attached hydrogen (secondary N) is 1. The number of piperazine rings is 1. The quantitative estimate of drug-likeness (QED) is 0.911. The summed E-state index contributed by atoms with van der Waals surface area (Å²) in [5, 5.41) is 3.47. The minimum Gasteiger partial charge on any atom is -0.485 e. The molecule has 0 bridgehead atoms. The molecular formula is C16H25N3O. The summed E-state index contributed by atoms with van der Waals surface area (Å²) in [7, 11) is 0. The highest BCUT2D eigenvalue weighted by molar-refractivity contribution is 5.57. The summed E-state index contributed by atoms with van der Waals surface area (Å²) in [6, 6.07) is 8.85. The second-order valence-electron chi connectivity index (χ2n) is 5.85. The predicted molar refractivity (Wildman–Crippen MR) is 82.5 cm³/mol. The van der Waals surface area contributed by atoms with Crippen LogP contribution in [0, 0.1) is 0 Å². The molecule has 1 aromatic carbocycles. The van der Waals surface area contributed by atoms with Crippen LogP contribution in [0.1, 0.15) is 13.8 Å². The Morgan fingerprint density at radius 1 is 1.30 bits per heavy atom. The Kier molecular flexibility index (Phi) is 4.13. The van der Waals surface area contributed by atoms with Gasteiger partial charge in [0.15, 0.2) is 0 Å². The molecule has 1 N–H and O–H groups in total. The molecule has 2 heterocycles. The van der Waals surface area contributed by atoms with Crippen LogP contribution in [0.4, 0.5) is 5.69 Å². The van der Waals surface area contributed by atoms with Crippen molar-refractivity contribution in [3.05, 3.63) is 24.3 Å². The summed E-state index contributed by atoms with van der Waals surface area (Å²) in [4.78, 5) is 5.09. The van der Waals surface area contributed by atoms with Crippen LogP contribution in [-0.4, -0.2) is 61.2 Å². The van der Waals surface area contributed by atoms with Crippen molar-refractivity contribution in [2.45, 2.75) is 26.0 Å². The first-order valence-corrected chi connectivity index (χ1v) is 7.72. The Balaban J connectivity index is 1.55. The van der Waals surface area contributed by atoms with E-state index in [1.54, 1.807) is 0 Å². The van der Waals surface area contributed by atoms with E-state index in [9.17, 15) is 0 Å². The third-order valence-electron chi connectivity index (χ3n) is 4.42. The average Bonchev–Trinajstić information content (AvgIpc) is 2.47. The van der Waals surface area contributed by atoms with Gasteiger partial charge in [-0.1, -0.05) is 19.1 Å². The van der Waals surface area contributed by atoms with Crippen molar-refractivity contribution in [2.75, 3.05) is 44.6 Å². The zero-order valence-electron chi connectivity index (χ0n) is 12.5. The van der Waals surface area contributed by atoms with Gasteiger partial charge >= 0.3 is 0 Å². The van der Waals surface area contributed by atoms with E-state index in [0.29, 0.717) is 6.04 Å². The Labute approximate surface area is 121 Å². The van der Waals surface area contributed by atoms with Gasteiger partial charge in [0.2, 0.25) is 0 Å². The third kappa shape index (κ3) is 2.91. The molecule has 0 radical (unpaired) electrons. The van der Waals surface area contributed by atoms with Crippen molar-refractivity contribution in [1.82, 2.24) is 9.80 Å². The molecule has 1 saturated heterocycles. The second-order valence-corrected chi connectivity index (χ2v) is 5.85. The molecule has 2 aliphatic rings. The number of fused-ring (bicyclic) bond motifs is 1. The lowest BCUT2D eigenvalue weighted by Crippen LogP contribution is -2.54. The molecule has 2 unspecified atom stereocenters. The molecular weight excluding hydrogens is 250 g/mol. The largest absolute Gasteiger partial charge is 0.485 e. The van der Waals surface area contributed by atoms with Crippen LogP contribution in [0.2, 0.25) is 0 Å². The Hall–Kier alpha value is -1.26. The number of hydrogen-bond acceptors (Lipinski definition) is 4. The summed E-state index contributed by atoms with van der Waals surface area (Å²) in [6.45, 7) is 11.1. The minimum atomic E-state index is 0.255. The number of rotatable bonds is 3. The standard InChI is InChI=1S/C16H25N3O/c1-3-19-9-8-18(11-13(19)2)12-14-10-17-15-6-4-5-7-16(15)20-14/h4-7,13-14,17H,3,8-12H2,1-2H3. The van der Waals surface area contributed by atoms with Crippen LogP contribution in [-0.2, 0) is 0 Å². The zero-order chi connectivity index (χ0) is 13.9. The number of para-hydroxylation sites is 2. The van der Waals surface area contributed by atoms with Crippen molar-refractivity contribution >= 4 is 5.69 Å². The number of likely N-dealkylation sites (N-methyl/N-ethyl adjacent to an activating group) is 1. The Morgan fingerprint density at radius 3 is 2.95 bits per heavy atom. The maximum atomic E-state index is 6.11.